The molecule has 11 heteroatoms. The number of aromatic nitrogens is 2. The SMILES string of the molecule is C=Cc1nn(C)cc1/C=C/N1/N=C/C=C\C(OCC)=N[C@H](CC)/C=C(/C(C)=C/N=C(C)C(F)(F)F)C1=O. The highest BCUT2D eigenvalue weighted by molar-refractivity contribution is 6.00. The Bertz CT molecular complexity index is 1200. The molecule has 0 spiro atoms. The molecule has 2 rings (SSSR count). The molecule has 0 fully saturated rings. The van der Waals surface area contributed by atoms with Gasteiger partial charge < -0.3 is 4.74 Å². The van der Waals surface area contributed by atoms with E-state index in [4.69, 9.17) is 4.74 Å². The van der Waals surface area contributed by atoms with Crippen LogP contribution in [0.4, 0.5) is 13.2 Å². The maximum absolute atomic E-state index is 13.6. The van der Waals surface area contributed by atoms with Crippen molar-refractivity contribution in [1.82, 2.24) is 14.8 Å². The summed E-state index contributed by atoms with van der Waals surface area (Å²) in [6.45, 7) is 10.2. The van der Waals surface area contributed by atoms with Crippen LogP contribution in [-0.4, -0.2) is 57.3 Å². The number of allylic oxidation sites excluding steroid dienone is 1. The van der Waals surface area contributed by atoms with Gasteiger partial charge in [0.2, 0.25) is 5.90 Å². The van der Waals surface area contributed by atoms with Crippen LogP contribution in [0.1, 0.15) is 45.4 Å². The van der Waals surface area contributed by atoms with Gasteiger partial charge in [0.1, 0.15) is 5.71 Å². The molecule has 0 N–H and O–H groups in total. The van der Waals surface area contributed by atoms with Gasteiger partial charge in [0.15, 0.2) is 0 Å². The molecule has 1 aliphatic rings. The Morgan fingerprint density at radius 1 is 1.30 bits per heavy atom. The van der Waals surface area contributed by atoms with E-state index in [1.807, 2.05) is 13.8 Å². The molecule has 37 heavy (non-hydrogen) atoms. The van der Waals surface area contributed by atoms with Gasteiger partial charge in [-0.2, -0.15) is 23.4 Å². The van der Waals surface area contributed by atoms with Crippen molar-refractivity contribution in [2.45, 2.75) is 46.3 Å². The Morgan fingerprint density at radius 2 is 2.03 bits per heavy atom. The molecule has 0 saturated heterocycles. The second-order valence-corrected chi connectivity index (χ2v) is 7.92. The minimum absolute atomic E-state index is 0.101. The molecule has 1 aliphatic heterocycles. The van der Waals surface area contributed by atoms with Crippen molar-refractivity contribution >= 4 is 35.9 Å². The third-order valence-corrected chi connectivity index (χ3v) is 5.08. The maximum atomic E-state index is 13.6. The molecule has 0 radical (unpaired) electrons. The topological polar surface area (TPSA) is 84.4 Å². The predicted molar refractivity (Wildman–Crippen MR) is 141 cm³/mol. The van der Waals surface area contributed by atoms with Gasteiger partial charge in [-0.1, -0.05) is 13.5 Å². The summed E-state index contributed by atoms with van der Waals surface area (Å²) < 4.78 is 46.1. The predicted octanol–water partition coefficient (Wildman–Crippen LogP) is 5.49. The normalized spacial score (nSPS) is 21.2. The van der Waals surface area contributed by atoms with E-state index >= 15 is 0 Å². The van der Waals surface area contributed by atoms with Crippen molar-refractivity contribution in [3.8, 4) is 0 Å². The number of aryl methyl sites for hydroxylation is 1. The number of hydrogen-bond acceptors (Lipinski definition) is 6. The van der Waals surface area contributed by atoms with E-state index in [0.717, 1.165) is 18.1 Å². The first-order chi connectivity index (χ1) is 17.5. The van der Waals surface area contributed by atoms with Crippen molar-refractivity contribution in [2.24, 2.45) is 22.1 Å². The highest BCUT2D eigenvalue weighted by Crippen LogP contribution is 2.21. The average molecular weight is 517 g/mol. The summed E-state index contributed by atoms with van der Waals surface area (Å²) in [4.78, 5) is 21.7. The third kappa shape index (κ3) is 8.55. The van der Waals surface area contributed by atoms with Crippen LogP contribution in [0.25, 0.3) is 12.2 Å². The third-order valence-electron chi connectivity index (χ3n) is 5.08. The van der Waals surface area contributed by atoms with Crippen molar-refractivity contribution in [2.75, 3.05) is 6.61 Å². The summed E-state index contributed by atoms with van der Waals surface area (Å²) in [5.74, 6) is -0.238. The maximum Gasteiger partial charge on any atom is 0.429 e. The van der Waals surface area contributed by atoms with Crippen LogP contribution in [0.3, 0.4) is 0 Å². The molecule has 1 atom stereocenters. The molecule has 1 amide bonds. The number of alkyl halides is 3. The van der Waals surface area contributed by atoms with Gasteiger partial charge in [-0.3, -0.25) is 14.5 Å². The largest absolute Gasteiger partial charge is 0.478 e. The summed E-state index contributed by atoms with van der Waals surface area (Å²) in [5, 5.41) is 9.60. The molecule has 0 saturated carbocycles. The van der Waals surface area contributed by atoms with E-state index in [1.165, 1.54) is 19.3 Å². The Labute approximate surface area is 214 Å². The summed E-state index contributed by atoms with van der Waals surface area (Å²) in [7, 11) is 1.75. The van der Waals surface area contributed by atoms with Crippen molar-refractivity contribution in [3.63, 3.8) is 0 Å². The Balaban J connectivity index is 2.64. The minimum atomic E-state index is -4.58. The van der Waals surface area contributed by atoms with Crippen LogP contribution in [-0.2, 0) is 16.6 Å². The molecule has 1 aromatic heterocycles. The molecule has 0 bridgehead atoms. The van der Waals surface area contributed by atoms with Crippen LogP contribution >= 0.6 is 0 Å². The lowest BCUT2D eigenvalue weighted by molar-refractivity contribution is -0.124. The zero-order valence-corrected chi connectivity index (χ0v) is 21.5. The first-order valence-electron chi connectivity index (χ1n) is 11.6. The Hall–Kier alpha value is -4.02. The van der Waals surface area contributed by atoms with Gasteiger partial charge >= 0.3 is 6.18 Å². The molecule has 0 aliphatic carbocycles. The number of nitrogens with zero attached hydrogens (tertiary/aromatic N) is 6. The lowest BCUT2D eigenvalue weighted by Crippen LogP contribution is -2.24. The highest BCUT2D eigenvalue weighted by atomic mass is 19.4. The Morgan fingerprint density at radius 3 is 2.65 bits per heavy atom. The number of rotatable bonds is 7. The molecule has 1 aromatic rings. The van der Waals surface area contributed by atoms with E-state index in [0.29, 0.717) is 30.2 Å². The van der Waals surface area contributed by atoms with Gasteiger partial charge in [0.05, 0.1) is 18.3 Å². The number of amides is 1. The van der Waals surface area contributed by atoms with Gasteiger partial charge in [-0.05, 0) is 57.1 Å². The molecule has 2 heterocycles. The molecule has 0 aromatic carbocycles. The number of ether oxygens (including phenoxy) is 1. The average Bonchev–Trinajstić information content (AvgIpc) is 3.21. The van der Waals surface area contributed by atoms with E-state index in [1.54, 1.807) is 48.3 Å². The van der Waals surface area contributed by atoms with Crippen LogP contribution < -0.4 is 0 Å². The standard InChI is InChI=1S/C26H31F3N6O2/c1-7-21-15-22(18(4)16-30-19(5)26(27,28)29)25(36)35(31-13-10-11-24(32-21)37-9-3)14-12-20-17-34(6)33-23(20)8-2/h8,10-17,21H,2,7,9H2,1,3-6H3/b11-10-,14-12+,18-16+,22-15-,30-19?,31-13+,32-24?/t21-/m1/s1. The molecule has 198 valence electrons. The highest BCUT2D eigenvalue weighted by Gasteiger charge is 2.31. The minimum Gasteiger partial charge on any atom is -0.478 e. The fourth-order valence-electron chi connectivity index (χ4n) is 3.07. The smallest absolute Gasteiger partial charge is 0.429 e. The molecule has 0 unspecified atom stereocenters. The van der Waals surface area contributed by atoms with Crippen LogP contribution in [0.2, 0.25) is 0 Å². The van der Waals surface area contributed by atoms with Crippen molar-refractivity contribution in [3.05, 3.63) is 65.8 Å². The number of carbonyl (C=O) groups is 1. The summed E-state index contributed by atoms with van der Waals surface area (Å²) in [6.07, 6.45) is 9.55. The van der Waals surface area contributed by atoms with E-state index in [9.17, 15) is 18.0 Å². The van der Waals surface area contributed by atoms with Gasteiger partial charge in [0.25, 0.3) is 5.91 Å². The second-order valence-electron chi connectivity index (χ2n) is 7.92. The summed E-state index contributed by atoms with van der Waals surface area (Å²) in [6, 6.07) is -0.490. The first kappa shape index (κ1) is 29.2. The van der Waals surface area contributed by atoms with E-state index < -0.39 is 23.8 Å². The zero-order chi connectivity index (χ0) is 27.6. The van der Waals surface area contributed by atoms with Gasteiger partial charge in [0, 0.05) is 49.1 Å². The number of halogens is 3. The van der Waals surface area contributed by atoms with Crippen molar-refractivity contribution < 1.29 is 22.7 Å². The van der Waals surface area contributed by atoms with Crippen LogP contribution in [0.5, 0.6) is 0 Å². The molecular weight excluding hydrogens is 485 g/mol. The number of hydrogen-bond donors (Lipinski definition) is 0. The zero-order valence-electron chi connectivity index (χ0n) is 21.5. The lowest BCUT2D eigenvalue weighted by atomic mass is 10.0. The summed E-state index contributed by atoms with van der Waals surface area (Å²) in [5.41, 5.74) is 0.588. The van der Waals surface area contributed by atoms with E-state index in [2.05, 4.69) is 26.8 Å². The fourth-order valence-corrected chi connectivity index (χ4v) is 3.07. The van der Waals surface area contributed by atoms with Crippen molar-refractivity contribution in [1.29, 1.82) is 0 Å². The number of carbonyl (C=O) groups excluding carboxylic acids is 1. The van der Waals surface area contributed by atoms with Crippen LogP contribution in [0.15, 0.2) is 69.6 Å². The monoisotopic (exact) mass is 516 g/mol. The van der Waals surface area contributed by atoms with Crippen LogP contribution in [0, 0.1) is 0 Å². The van der Waals surface area contributed by atoms with E-state index in [-0.39, 0.29) is 11.1 Å². The number of hydrazone groups is 1. The molecular formula is C26H31F3N6O2. The van der Waals surface area contributed by atoms with Gasteiger partial charge in [-0.25, -0.2) is 10.0 Å². The summed E-state index contributed by atoms with van der Waals surface area (Å²) >= 11 is 0. The quantitative estimate of drug-likeness (QED) is 0.450. The van der Waals surface area contributed by atoms with Gasteiger partial charge in [-0.15, -0.1) is 0 Å². The molecule has 8 nitrogen and oxygen atoms in total. The lowest BCUT2D eigenvalue weighted by Gasteiger charge is -2.17. The fraction of sp³-hybridized carbons (Fsp3) is 0.346. The number of aliphatic imine (C=N–C) groups is 2. The Kier molecular flexibility index (Phi) is 10.5. The second kappa shape index (κ2) is 13.3. The first-order valence-corrected chi connectivity index (χ1v) is 11.6.